The average Bonchev–Trinajstić information content (AvgIpc) is 3.23. The van der Waals surface area contributed by atoms with Crippen LogP contribution in [-0.2, 0) is 22.1 Å². The number of carbonyl (C=O) groups is 1. The quantitative estimate of drug-likeness (QED) is 0.399. The summed E-state index contributed by atoms with van der Waals surface area (Å²) in [6.45, 7) is 0. The van der Waals surface area contributed by atoms with Gasteiger partial charge in [0.2, 0.25) is 6.29 Å². The summed E-state index contributed by atoms with van der Waals surface area (Å²) in [5.74, 6) is 0.635. The van der Waals surface area contributed by atoms with Crippen molar-refractivity contribution in [3.8, 4) is 5.75 Å². The monoisotopic (exact) mass is 490 g/mol. The molecule has 0 aliphatic carbocycles. The number of benzene rings is 3. The van der Waals surface area contributed by atoms with Gasteiger partial charge in [0.1, 0.15) is 5.75 Å². The predicted octanol–water partition coefficient (Wildman–Crippen LogP) is 6.80. The molecule has 3 aromatic rings. The Morgan fingerprint density at radius 2 is 1.65 bits per heavy atom. The summed E-state index contributed by atoms with van der Waals surface area (Å²) >= 11 is 5.59. The Bertz CT molecular complexity index is 1190. The van der Waals surface area contributed by atoms with E-state index in [1.54, 1.807) is 24.3 Å². The predicted molar refractivity (Wildman–Crippen MR) is 120 cm³/mol. The summed E-state index contributed by atoms with van der Waals surface area (Å²) in [5, 5.41) is 4.42. The highest BCUT2D eigenvalue weighted by Gasteiger charge is 2.33. The number of alkyl halides is 3. The molecule has 3 aromatic carbocycles. The topological polar surface area (TPSA) is 68.8 Å². The number of rotatable bonds is 6. The molecule has 0 saturated heterocycles. The lowest BCUT2D eigenvalue weighted by Gasteiger charge is -2.13. The molecule has 176 valence electrons. The van der Waals surface area contributed by atoms with Gasteiger partial charge in [0.25, 0.3) is 0 Å². The summed E-state index contributed by atoms with van der Waals surface area (Å²) in [6, 6.07) is 18.4. The molecular formula is C24H18ClF3N2O4. The standard InChI is InChI=1S/C24H18ClF3N2O4/c25-20-11-8-17(13-19(20)24(26,27)28)30-23(31)29-16-6-9-18(10-7-16)33-22-14-32-21(34-22)12-15-4-2-1-3-5-15/h1-11,13-14,21H,12H2,(H2,29,30,31). The van der Waals surface area contributed by atoms with Crippen molar-refractivity contribution in [2.45, 2.75) is 18.9 Å². The number of carbonyl (C=O) groups excluding carboxylic acids is 1. The molecule has 1 atom stereocenters. The van der Waals surface area contributed by atoms with Crippen LogP contribution in [0.4, 0.5) is 29.3 Å². The van der Waals surface area contributed by atoms with Crippen molar-refractivity contribution in [3.63, 3.8) is 0 Å². The SMILES string of the molecule is O=C(Nc1ccc(OC2=COC(Cc3ccccc3)O2)cc1)Nc1ccc(Cl)c(C(F)(F)F)c1. The molecule has 1 heterocycles. The van der Waals surface area contributed by atoms with E-state index in [-0.39, 0.29) is 11.6 Å². The normalized spacial score (nSPS) is 15.1. The molecule has 4 rings (SSSR count). The van der Waals surface area contributed by atoms with Gasteiger partial charge in [-0.2, -0.15) is 13.2 Å². The zero-order chi connectivity index (χ0) is 24.1. The van der Waals surface area contributed by atoms with E-state index in [2.05, 4.69) is 10.6 Å². The number of hydrogen-bond donors (Lipinski definition) is 2. The third kappa shape index (κ3) is 6.14. The maximum absolute atomic E-state index is 13.0. The zero-order valence-electron chi connectivity index (χ0n) is 17.4. The van der Waals surface area contributed by atoms with E-state index < -0.39 is 29.1 Å². The zero-order valence-corrected chi connectivity index (χ0v) is 18.2. The van der Waals surface area contributed by atoms with Crippen LogP contribution in [0.2, 0.25) is 5.02 Å². The van der Waals surface area contributed by atoms with Gasteiger partial charge in [0.15, 0.2) is 6.26 Å². The van der Waals surface area contributed by atoms with Crippen LogP contribution in [0.3, 0.4) is 0 Å². The van der Waals surface area contributed by atoms with Gasteiger partial charge >= 0.3 is 18.2 Å². The number of anilines is 2. The van der Waals surface area contributed by atoms with Gasteiger partial charge in [-0.3, -0.25) is 0 Å². The lowest BCUT2D eigenvalue weighted by Crippen LogP contribution is -2.19. The Morgan fingerprint density at radius 1 is 0.971 bits per heavy atom. The van der Waals surface area contributed by atoms with Crippen molar-refractivity contribution >= 4 is 29.0 Å². The second-order valence-corrected chi connectivity index (χ2v) is 7.62. The first-order chi connectivity index (χ1) is 16.3. The molecule has 0 fully saturated rings. The van der Waals surface area contributed by atoms with Gasteiger partial charge in [-0.15, -0.1) is 0 Å². The van der Waals surface area contributed by atoms with E-state index in [9.17, 15) is 18.0 Å². The highest BCUT2D eigenvalue weighted by atomic mass is 35.5. The molecule has 0 aromatic heterocycles. The highest BCUT2D eigenvalue weighted by Crippen LogP contribution is 2.36. The fourth-order valence-corrected chi connectivity index (χ4v) is 3.32. The average molecular weight is 491 g/mol. The molecule has 0 bridgehead atoms. The minimum absolute atomic E-state index is 0.0513. The highest BCUT2D eigenvalue weighted by molar-refractivity contribution is 6.31. The molecule has 1 unspecified atom stereocenters. The van der Waals surface area contributed by atoms with Crippen molar-refractivity contribution in [2.75, 3.05) is 10.6 Å². The van der Waals surface area contributed by atoms with Crippen molar-refractivity contribution in [2.24, 2.45) is 0 Å². The number of ether oxygens (including phenoxy) is 3. The molecule has 0 radical (unpaired) electrons. The Hall–Kier alpha value is -3.85. The summed E-state index contributed by atoms with van der Waals surface area (Å²) in [4.78, 5) is 12.2. The van der Waals surface area contributed by atoms with Crippen molar-refractivity contribution in [1.29, 1.82) is 0 Å². The molecule has 0 saturated carbocycles. The van der Waals surface area contributed by atoms with Gasteiger partial charge in [-0.25, -0.2) is 4.79 Å². The van der Waals surface area contributed by atoms with Crippen molar-refractivity contribution in [1.82, 2.24) is 0 Å². The summed E-state index contributed by atoms with van der Waals surface area (Å²) < 4.78 is 55.6. The van der Waals surface area contributed by atoms with Gasteiger partial charge < -0.3 is 24.8 Å². The first-order valence-corrected chi connectivity index (χ1v) is 10.4. The van der Waals surface area contributed by atoms with Crippen LogP contribution >= 0.6 is 11.6 Å². The second kappa shape index (κ2) is 9.96. The smallest absolute Gasteiger partial charge is 0.417 e. The second-order valence-electron chi connectivity index (χ2n) is 7.21. The first-order valence-electron chi connectivity index (χ1n) is 10.1. The fourth-order valence-electron chi connectivity index (χ4n) is 3.10. The molecule has 6 nitrogen and oxygen atoms in total. The van der Waals surface area contributed by atoms with E-state index in [0.717, 1.165) is 17.7 Å². The molecular weight excluding hydrogens is 473 g/mol. The fraction of sp³-hybridized carbons (Fsp3) is 0.125. The van der Waals surface area contributed by atoms with E-state index >= 15 is 0 Å². The van der Waals surface area contributed by atoms with E-state index in [1.807, 2.05) is 30.3 Å². The van der Waals surface area contributed by atoms with E-state index in [4.69, 9.17) is 25.8 Å². The lowest BCUT2D eigenvalue weighted by atomic mass is 10.1. The summed E-state index contributed by atoms with van der Waals surface area (Å²) in [6.07, 6.45) is -3.19. The molecule has 1 aliphatic rings. The Morgan fingerprint density at radius 3 is 2.35 bits per heavy atom. The Balaban J connectivity index is 1.28. The Labute approximate surface area is 197 Å². The maximum Gasteiger partial charge on any atom is 0.417 e. The summed E-state index contributed by atoms with van der Waals surface area (Å²) in [5.41, 5.74) is 0.370. The van der Waals surface area contributed by atoms with Crippen LogP contribution in [-0.4, -0.2) is 12.3 Å². The van der Waals surface area contributed by atoms with Gasteiger partial charge in [0.05, 0.1) is 10.6 Å². The number of halogens is 4. The maximum atomic E-state index is 13.0. The van der Waals surface area contributed by atoms with Crippen LogP contribution in [0.15, 0.2) is 85.0 Å². The summed E-state index contributed by atoms with van der Waals surface area (Å²) in [7, 11) is 0. The van der Waals surface area contributed by atoms with Gasteiger partial charge in [0, 0.05) is 17.8 Å². The van der Waals surface area contributed by atoms with Crippen LogP contribution in [0, 0.1) is 0 Å². The molecule has 2 N–H and O–H groups in total. The minimum Gasteiger partial charge on any atom is -0.455 e. The Kier molecular flexibility index (Phi) is 6.83. The molecule has 2 amide bonds. The van der Waals surface area contributed by atoms with Crippen LogP contribution in [0.5, 0.6) is 5.75 Å². The van der Waals surface area contributed by atoms with Crippen molar-refractivity contribution < 1.29 is 32.2 Å². The molecule has 0 spiro atoms. The molecule has 34 heavy (non-hydrogen) atoms. The van der Waals surface area contributed by atoms with E-state index in [0.29, 0.717) is 17.9 Å². The third-order valence-electron chi connectivity index (χ3n) is 4.67. The third-order valence-corrected chi connectivity index (χ3v) is 5.00. The van der Waals surface area contributed by atoms with Crippen LogP contribution in [0.25, 0.3) is 0 Å². The van der Waals surface area contributed by atoms with Gasteiger partial charge in [-0.05, 0) is 48.0 Å². The minimum atomic E-state index is -4.63. The number of amides is 2. The largest absolute Gasteiger partial charge is 0.455 e. The van der Waals surface area contributed by atoms with E-state index in [1.165, 1.54) is 12.3 Å². The lowest BCUT2D eigenvalue weighted by molar-refractivity contribution is -0.137. The van der Waals surface area contributed by atoms with Crippen LogP contribution in [0.1, 0.15) is 11.1 Å². The number of urea groups is 1. The number of hydrogen-bond acceptors (Lipinski definition) is 4. The number of nitrogens with one attached hydrogen (secondary N) is 2. The van der Waals surface area contributed by atoms with Gasteiger partial charge in [-0.1, -0.05) is 41.9 Å². The van der Waals surface area contributed by atoms with Crippen molar-refractivity contribution in [3.05, 3.63) is 101 Å². The van der Waals surface area contributed by atoms with Crippen LogP contribution < -0.4 is 15.4 Å². The first kappa shape index (κ1) is 23.3. The molecule has 1 aliphatic heterocycles. The molecule has 10 heteroatoms.